The van der Waals surface area contributed by atoms with E-state index in [4.69, 9.17) is 9.47 Å². The summed E-state index contributed by atoms with van der Waals surface area (Å²) in [5, 5.41) is 2.90. The molecule has 1 aromatic rings. The molecule has 130 valence electrons. The van der Waals surface area contributed by atoms with Gasteiger partial charge in [0.05, 0.1) is 25.2 Å². The fraction of sp³-hybridized carbons (Fsp3) is 0.467. The van der Waals surface area contributed by atoms with Gasteiger partial charge in [-0.1, -0.05) is 11.8 Å². The molecular formula is C15H19N3O5S. The molecule has 1 aromatic heterocycles. The van der Waals surface area contributed by atoms with E-state index in [2.05, 4.69) is 10.3 Å². The van der Waals surface area contributed by atoms with E-state index in [-0.39, 0.29) is 22.0 Å². The molecule has 1 N–H and O–H groups in total. The molecule has 2 rings (SSSR count). The Kier molecular flexibility index (Phi) is 5.14. The van der Waals surface area contributed by atoms with Crippen LogP contribution >= 0.6 is 11.8 Å². The third-order valence-corrected chi connectivity index (χ3v) is 4.20. The zero-order valence-corrected chi connectivity index (χ0v) is 14.9. The molecular weight excluding hydrogens is 334 g/mol. The molecule has 0 spiro atoms. The van der Waals surface area contributed by atoms with Crippen molar-refractivity contribution in [2.24, 2.45) is 0 Å². The fourth-order valence-electron chi connectivity index (χ4n) is 2.17. The number of thioether (sulfide) groups is 1. The van der Waals surface area contributed by atoms with E-state index in [1.54, 1.807) is 0 Å². The van der Waals surface area contributed by atoms with Gasteiger partial charge in [0.25, 0.3) is 5.56 Å². The summed E-state index contributed by atoms with van der Waals surface area (Å²) in [6, 6.07) is 1.21. The Morgan fingerprint density at radius 3 is 2.42 bits per heavy atom. The fourth-order valence-corrected chi connectivity index (χ4v) is 3.53. The number of fused-ring (bicyclic) bond motifs is 1. The molecule has 0 saturated heterocycles. The van der Waals surface area contributed by atoms with Gasteiger partial charge in [0.15, 0.2) is 5.16 Å². The third kappa shape index (κ3) is 3.68. The molecule has 2 heterocycles. The third-order valence-electron chi connectivity index (χ3n) is 3.11. The van der Waals surface area contributed by atoms with Gasteiger partial charge in [-0.15, -0.1) is 0 Å². The summed E-state index contributed by atoms with van der Waals surface area (Å²) in [6.45, 7) is 5.75. The Balaban J connectivity index is 2.73. The second-order valence-corrected chi connectivity index (χ2v) is 7.13. The normalized spacial score (nSPS) is 17.3. The topological polar surface area (TPSA) is 99.5 Å². The zero-order chi connectivity index (χ0) is 18.1. The van der Waals surface area contributed by atoms with Gasteiger partial charge in [-0.25, -0.2) is 9.59 Å². The van der Waals surface area contributed by atoms with Crippen LogP contribution in [0.1, 0.15) is 20.8 Å². The van der Waals surface area contributed by atoms with Crippen LogP contribution in [0.15, 0.2) is 27.8 Å². The number of carbonyl (C=O) groups is 2. The lowest BCUT2D eigenvalue weighted by Crippen LogP contribution is -2.47. The number of hydrogen-bond acceptors (Lipinski definition) is 8. The number of methoxy groups -OCH3 is 2. The maximum Gasteiger partial charge on any atom is 0.355 e. The van der Waals surface area contributed by atoms with Crippen molar-refractivity contribution < 1.29 is 19.1 Å². The van der Waals surface area contributed by atoms with Crippen molar-refractivity contribution in [2.75, 3.05) is 14.2 Å². The lowest BCUT2D eigenvalue weighted by atomic mass is 10.1. The Morgan fingerprint density at radius 1 is 1.25 bits per heavy atom. The van der Waals surface area contributed by atoms with E-state index in [0.717, 1.165) is 11.8 Å². The summed E-state index contributed by atoms with van der Waals surface area (Å²) in [5.74, 6) is -1.38. The smallest absolute Gasteiger partial charge is 0.355 e. The van der Waals surface area contributed by atoms with Crippen LogP contribution in [0.3, 0.4) is 0 Å². The van der Waals surface area contributed by atoms with Crippen molar-refractivity contribution in [1.29, 1.82) is 0 Å². The van der Waals surface area contributed by atoms with Gasteiger partial charge in [-0.3, -0.25) is 14.7 Å². The van der Waals surface area contributed by atoms with Crippen molar-refractivity contribution in [3.8, 4) is 0 Å². The number of ether oxygens (including phenoxy) is 2. The van der Waals surface area contributed by atoms with Crippen LogP contribution in [-0.2, 0) is 19.1 Å². The standard InChI is InChI=1S/C15H19N3O5S/c1-15(2,3)17-11-9(12(20)22-4)10(13(21)23-5)18-7-6-8(19)16-14(18)24-11/h6-7,11,17H,1-5H3. The van der Waals surface area contributed by atoms with Gasteiger partial charge in [-0.2, -0.15) is 4.98 Å². The van der Waals surface area contributed by atoms with E-state index in [1.807, 2.05) is 20.8 Å². The molecule has 1 aliphatic heterocycles. The van der Waals surface area contributed by atoms with Crippen LogP contribution in [-0.4, -0.2) is 46.6 Å². The van der Waals surface area contributed by atoms with Crippen molar-refractivity contribution >= 4 is 29.4 Å². The summed E-state index contributed by atoms with van der Waals surface area (Å²) in [7, 11) is 2.45. The number of nitrogens with one attached hydrogen (secondary N) is 1. The molecule has 0 radical (unpaired) electrons. The van der Waals surface area contributed by atoms with E-state index in [9.17, 15) is 14.4 Å². The molecule has 1 aliphatic rings. The first-order chi connectivity index (χ1) is 11.2. The molecule has 0 saturated carbocycles. The summed E-state index contributed by atoms with van der Waals surface area (Å²) in [6.07, 6.45) is 1.39. The monoisotopic (exact) mass is 353 g/mol. The average Bonchev–Trinajstić information content (AvgIpc) is 2.50. The Bertz CT molecular complexity index is 763. The summed E-state index contributed by atoms with van der Waals surface area (Å²) >= 11 is 1.16. The maximum absolute atomic E-state index is 12.3. The predicted octanol–water partition coefficient (Wildman–Crippen LogP) is 0.620. The van der Waals surface area contributed by atoms with Crippen molar-refractivity contribution in [3.05, 3.63) is 28.2 Å². The summed E-state index contributed by atoms with van der Waals surface area (Å²) in [4.78, 5) is 40.1. The molecule has 1 atom stereocenters. The van der Waals surface area contributed by atoms with Gasteiger partial charge in [-0.05, 0) is 20.8 Å². The second kappa shape index (κ2) is 6.78. The number of esters is 2. The van der Waals surface area contributed by atoms with Crippen molar-refractivity contribution in [1.82, 2.24) is 14.9 Å². The number of nitrogens with zero attached hydrogens (tertiary/aromatic N) is 2. The molecule has 8 nitrogen and oxygen atoms in total. The quantitative estimate of drug-likeness (QED) is 0.624. The molecule has 0 bridgehead atoms. The van der Waals surface area contributed by atoms with Crippen LogP contribution in [0.2, 0.25) is 0 Å². The van der Waals surface area contributed by atoms with E-state index < -0.39 is 22.9 Å². The van der Waals surface area contributed by atoms with Crippen LogP contribution in [0.5, 0.6) is 0 Å². The minimum atomic E-state index is -0.719. The largest absolute Gasteiger partial charge is 0.466 e. The highest BCUT2D eigenvalue weighted by Crippen LogP contribution is 2.36. The van der Waals surface area contributed by atoms with Crippen LogP contribution in [0.25, 0.3) is 5.70 Å². The molecule has 0 aromatic carbocycles. The number of carbonyl (C=O) groups excluding carboxylic acids is 2. The Hall–Kier alpha value is -2.13. The van der Waals surface area contributed by atoms with Gasteiger partial charge in [0.1, 0.15) is 5.70 Å². The first-order valence-corrected chi connectivity index (χ1v) is 8.01. The highest BCUT2D eigenvalue weighted by Gasteiger charge is 2.38. The average molecular weight is 353 g/mol. The number of hydrogen-bond donors (Lipinski definition) is 1. The second-order valence-electron chi connectivity index (χ2n) is 6.06. The van der Waals surface area contributed by atoms with Crippen molar-refractivity contribution in [3.63, 3.8) is 0 Å². The Morgan fingerprint density at radius 2 is 1.88 bits per heavy atom. The lowest BCUT2D eigenvalue weighted by Gasteiger charge is -2.33. The van der Waals surface area contributed by atoms with Crippen LogP contribution in [0, 0.1) is 0 Å². The summed E-state index contributed by atoms with van der Waals surface area (Å²) < 4.78 is 11.0. The highest BCUT2D eigenvalue weighted by atomic mass is 32.2. The molecule has 0 amide bonds. The first kappa shape index (κ1) is 18.2. The molecule has 0 aliphatic carbocycles. The van der Waals surface area contributed by atoms with Gasteiger partial charge < -0.3 is 9.47 Å². The number of aromatic nitrogens is 2. The molecule has 1 unspecified atom stereocenters. The van der Waals surface area contributed by atoms with E-state index in [1.165, 1.54) is 31.0 Å². The van der Waals surface area contributed by atoms with Gasteiger partial charge >= 0.3 is 11.9 Å². The van der Waals surface area contributed by atoms with Crippen molar-refractivity contribution in [2.45, 2.75) is 36.8 Å². The SMILES string of the molecule is COC(=O)C1=C(C(=O)OC)n2ccc(=O)nc2SC1NC(C)(C)C. The Labute approximate surface area is 143 Å². The molecule has 24 heavy (non-hydrogen) atoms. The summed E-state index contributed by atoms with van der Waals surface area (Å²) in [5.41, 5.74) is -0.710. The minimum Gasteiger partial charge on any atom is -0.466 e. The van der Waals surface area contributed by atoms with E-state index in [0.29, 0.717) is 0 Å². The zero-order valence-electron chi connectivity index (χ0n) is 14.1. The van der Waals surface area contributed by atoms with Gasteiger partial charge in [0, 0.05) is 17.8 Å². The number of rotatable bonds is 3. The van der Waals surface area contributed by atoms with Crippen LogP contribution < -0.4 is 10.9 Å². The molecule has 9 heteroatoms. The van der Waals surface area contributed by atoms with Gasteiger partial charge in [0.2, 0.25) is 0 Å². The lowest BCUT2D eigenvalue weighted by molar-refractivity contribution is -0.138. The molecule has 0 fully saturated rings. The van der Waals surface area contributed by atoms with E-state index >= 15 is 0 Å². The first-order valence-electron chi connectivity index (χ1n) is 7.13. The maximum atomic E-state index is 12.3. The highest BCUT2D eigenvalue weighted by molar-refractivity contribution is 8.00. The van der Waals surface area contributed by atoms with Crippen LogP contribution in [0.4, 0.5) is 0 Å². The predicted molar refractivity (Wildman–Crippen MR) is 88.3 cm³/mol. The minimum absolute atomic E-state index is 0.0210.